The first-order chi connectivity index (χ1) is 24.9. The fraction of sp³-hybridized carbons (Fsp3) is 0.474. The van der Waals surface area contributed by atoms with Crippen molar-refractivity contribution in [3.8, 4) is 0 Å². The van der Waals surface area contributed by atoms with E-state index in [4.69, 9.17) is 4.74 Å². The van der Waals surface area contributed by atoms with Crippen molar-refractivity contribution in [3.05, 3.63) is 70.8 Å². The third kappa shape index (κ3) is 8.72. The molecule has 4 atom stereocenters. The van der Waals surface area contributed by atoms with Gasteiger partial charge >= 0.3 is 12.2 Å². The number of methoxy groups -OCH3 is 1. The molecule has 2 aromatic heterocycles. The summed E-state index contributed by atoms with van der Waals surface area (Å²) in [6.45, 7) is 8.65. The fourth-order valence-electron chi connectivity index (χ4n) is 7.00. The molecule has 0 unspecified atom stereocenters. The largest absolute Gasteiger partial charge is 0.465 e. The SMILES string of the molecule is COC(=O)N[C@H](C(=O)N1CCC[C@H]1c1ncc(/C=C/c2ccc(/C=C/c3cnc([C@@H]4CCCN4C(=O)[C@H](C(C)C)N(C)C(=O)O)[nH]3)cc2)[nH]1)C(C)C. The van der Waals surface area contributed by atoms with E-state index in [1.165, 1.54) is 14.2 Å². The van der Waals surface area contributed by atoms with E-state index in [1.807, 2.05) is 76.3 Å². The standard InChI is InChI=1S/C38H50N8O6/c1-23(2)31(43-37(49)52-6)35(47)45-19-7-9-29(45)33-39-21-27(41-33)17-15-25-11-13-26(14-12-25)16-18-28-22-40-34(42-28)30-10-8-20-46(30)36(48)32(24(3)4)44(5)38(50)51/h11-18,21-24,29-32H,7-10,19-20H2,1-6H3,(H,39,41)(H,40,42)(H,43,49)(H,50,51)/b17-15+,18-16+/t29-,30-,31-,32-/m0/s1. The number of rotatable bonds is 12. The number of nitrogens with one attached hydrogen (secondary N) is 3. The van der Waals surface area contributed by atoms with Crippen molar-refractivity contribution in [2.24, 2.45) is 11.8 Å². The Kier molecular flexibility index (Phi) is 12.2. The summed E-state index contributed by atoms with van der Waals surface area (Å²) >= 11 is 0. The lowest BCUT2D eigenvalue weighted by Gasteiger charge is -2.33. The van der Waals surface area contributed by atoms with Gasteiger partial charge in [0, 0.05) is 20.1 Å². The Labute approximate surface area is 304 Å². The molecule has 0 spiro atoms. The van der Waals surface area contributed by atoms with Crippen LogP contribution < -0.4 is 5.32 Å². The average Bonchev–Trinajstić information content (AvgIpc) is 3.95. The highest BCUT2D eigenvalue weighted by Crippen LogP contribution is 2.33. The van der Waals surface area contributed by atoms with Gasteiger partial charge in [0.05, 0.1) is 43.0 Å². The first-order valence-corrected chi connectivity index (χ1v) is 17.8. The molecule has 14 nitrogen and oxygen atoms in total. The average molecular weight is 715 g/mol. The number of carboxylic acid groups (broad SMARTS) is 1. The molecule has 0 bridgehead atoms. The van der Waals surface area contributed by atoms with E-state index in [-0.39, 0.29) is 35.7 Å². The summed E-state index contributed by atoms with van der Waals surface area (Å²) in [6, 6.07) is 6.20. The van der Waals surface area contributed by atoms with E-state index in [0.717, 1.165) is 53.1 Å². The van der Waals surface area contributed by atoms with Gasteiger partial charge in [0.15, 0.2) is 0 Å². The Balaban J connectivity index is 1.19. The van der Waals surface area contributed by atoms with E-state index in [2.05, 4.69) is 25.3 Å². The van der Waals surface area contributed by atoms with Crippen LogP contribution in [0.1, 0.15) is 99.6 Å². The van der Waals surface area contributed by atoms with Gasteiger partial charge in [0.25, 0.3) is 0 Å². The third-order valence-electron chi connectivity index (χ3n) is 9.78. The van der Waals surface area contributed by atoms with Gasteiger partial charge in [0.2, 0.25) is 11.8 Å². The summed E-state index contributed by atoms with van der Waals surface area (Å²) in [5, 5.41) is 12.2. The molecular weight excluding hydrogens is 664 g/mol. The minimum absolute atomic E-state index is 0.102. The summed E-state index contributed by atoms with van der Waals surface area (Å²) in [6.07, 6.45) is 12.8. The van der Waals surface area contributed by atoms with Crippen LogP contribution in [0.3, 0.4) is 0 Å². The number of benzene rings is 1. The van der Waals surface area contributed by atoms with Crippen molar-refractivity contribution in [3.63, 3.8) is 0 Å². The highest BCUT2D eigenvalue weighted by atomic mass is 16.5. The number of carbonyl (C=O) groups excluding carboxylic acids is 3. The maximum atomic E-state index is 13.5. The number of likely N-dealkylation sites (N-methyl/N-ethyl adjacent to an activating group) is 1. The number of H-pyrrole nitrogens is 2. The Morgan fingerprint density at radius 3 is 1.73 bits per heavy atom. The molecule has 0 radical (unpaired) electrons. The van der Waals surface area contributed by atoms with Gasteiger partial charge in [0.1, 0.15) is 23.7 Å². The number of amides is 4. The minimum atomic E-state index is -1.13. The number of hydrogen-bond acceptors (Lipinski definition) is 7. The number of nitrogens with zero attached hydrogens (tertiary/aromatic N) is 5. The van der Waals surface area contributed by atoms with Crippen molar-refractivity contribution in [1.82, 2.24) is 40.0 Å². The van der Waals surface area contributed by atoms with Crippen molar-refractivity contribution in [2.75, 3.05) is 27.2 Å². The van der Waals surface area contributed by atoms with Gasteiger partial charge in [-0.15, -0.1) is 0 Å². The molecule has 2 aliphatic heterocycles. The zero-order valence-electron chi connectivity index (χ0n) is 30.7. The lowest BCUT2D eigenvalue weighted by Crippen LogP contribution is -2.51. The normalized spacial score (nSPS) is 18.8. The van der Waals surface area contributed by atoms with Crippen LogP contribution >= 0.6 is 0 Å². The smallest absolute Gasteiger partial charge is 0.407 e. The molecule has 52 heavy (non-hydrogen) atoms. The Morgan fingerprint density at radius 1 is 0.827 bits per heavy atom. The summed E-state index contributed by atoms with van der Waals surface area (Å²) in [5.41, 5.74) is 3.62. The number of alkyl carbamates (subject to hydrolysis) is 1. The molecule has 2 aliphatic rings. The van der Waals surface area contributed by atoms with E-state index in [9.17, 15) is 24.3 Å². The van der Waals surface area contributed by atoms with Crippen LogP contribution in [0.15, 0.2) is 36.7 Å². The molecule has 3 aromatic rings. The van der Waals surface area contributed by atoms with Gasteiger partial charge in [-0.3, -0.25) is 14.5 Å². The number of aromatic amines is 2. The molecule has 2 fully saturated rings. The van der Waals surface area contributed by atoms with Crippen LogP contribution in [0.25, 0.3) is 24.3 Å². The number of ether oxygens (including phenoxy) is 1. The zero-order valence-corrected chi connectivity index (χ0v) is 30.7. The maximum Gasteiger partial charge on any atom is 0.407 e. The van der Waals surface area contributed by atoms with Gasteiger partial charge < -0.3 is 34.9 Å². The molecule has 4 N–H and O–H groups in total. The van der Waals surface area contributed by atoms with Crippen LogP contribution in [-0.4, -0.2) is 103 Å². The minimum Gasteiger partial charge on any atom is -0.465 e. The third-order valence-corrected chi connectivity index (χ3v) is 9.78. The first kappa shape index (κ1) is 37.8. The summed E-state index contributed by atoms with van der Waals surface area (Å²) in [7, 11) is 2.73. The number of hydrogen-bond donors (Lipinski definition) is 4. The summed E-state index contributed by atoms with van der Waals surface area (Å²) < 4.78 is 4.73. The van der Waals surface area contributed by atoms with Crippen LogP contribution in [0.4, 0.5) is 9.59 Å². The van der Waals surface area contributed by atoms with E-state index < -0.39 is 24.3 Å². The van der Waals surface area contributed by atoms with Crippen LogP contribution in [0.2, 0.25) is 0 Å². The quantitative estimate of drug-likeness (QED) is 0.182. The maximum absolute atomic E-state index is 13.5. The number of aromatic nitrogens is 4. The Hall–Kier alpha value is -5.40. The molecule has 1 aromatic carbocycles. The molecule has 278 valence electrons. The fourth-order valence-corrected chi connectivity index (χ4v) is 7.00. The molecule has 2 saturated heterocycles. The van der Waals surface area contributed by atoms with E-state index in [0.29, 0.717) is 24.7 Å². The highest BCUT2D eigenvalue weighted by Gasteiger charge is 2.40. The van der Waals surface area contributed by atoms with Crippen molar-refractivity contribution in [1.29, 1.82) is 0 Å². The first-order valence-electron chi connectivity index (χ1n) is 17.8. The highest BCUT2D eigenvalue weighted by molar-refractivity contribution is 5.87. The molecule has 4 heterocycles. The van der Waals surface area contributed by atoms with Crippen molar-refractivity contribution in [2.45, 2.75) is 77.5 Å². The number of likely N-dealkylation sites (tertiary alicyclic amines) is 2. The molecule has 14 heteroatoms. The van der Waals surface area contributed by atoms with Crippen molar-refractivity contribution >= 4 is 48.3 Å². The molecule has 4 amide bonds. The molecular formula is C38H50N8O6. The van der Waals surface area contributed by atoms with Crippen LogP contribution in [0.5, 0.6) is 0 Å². The Bertz CT molecular complexity index is 1780. The molecule has 0 saturated carbocycles. The van der Waals surface area contributed by atoms with E-state index in [1.54, 1.807) is 22.2 Å². The predicted octanol–water partition coefficient (Wildman–Crippen LogP) is 5.82. The molecule has 0 aliphatic carbocycles. The summed E-state index contributed by atoms with van der Waals surface area (Å²) in [5.74, 6) is 0.793. The van der Waals surface area contributed by atoms with Gasteiger partial charge in [-0.25, -0.2) is 19.6 Å². The van der Waals surface area contributed by atoms with Crippen molar-refractivity contribution < 1.29 is 29.0 Å². The predicted molar refractivity (Wildman–Crippen MR) is 197 cm³/mol. The van der Waals surface area contributed by atoms with Crippen LogP contribution in [-0.2, 0) is 14.3 Å². The number of carbonyl (C=O) groups is 4. The molecule has 5 rings (SSSR count). The lowest BCUT2D eigenvalue weighted by atomic mass is 10.0. The lowest BCUT2D eigenvalue weighted by molar-refractivity contribution is -0.138. The Morgan fingerprint density at radius 2 is 1.31 bits per heavy atom. The van der Waals surface area contributed by atoms with Gasteiger partial charge in [-0.1, -0.05) is 64.1 Å². The number of imidazole rings is 2. The second-order valence-electron chi connectivity index (χ2n) is 14.1. The van der Waals surface area contributed by atoms with Crippen LogP contribution in [0, 0.1) is 11.8 Å². The van der Waals surface area contributed by atoms with Gasteiger partial charge in [-0.2, -0.15) is 0 Å². The zero-order chi connectivity index (χ0) is 37.5. The topological polar surface area (TPSA) is 177 Å². The summed E-state index contributed by atoms with van der Waals surface area (Å²) in [4.78, 5) is 70.9. The van der Waals surface area contributed by atoms with Gasteiger partial charge in [-0.05, 0) is 60.8 Å². The van der Waals surface area contributed by atoms with E-state index >= 15 is 0 Å². The monoisotopic (exact) mass is 714 g/mol. The second-order valence-corrected chi connectivity index (χ2v) is 14.1. The second kappa shape index (κ2) is 16.7.